The molecule has 0 spiro atoms. The van der Waals surface area contributed by atoms with Gasteiger partial charge in [-0.3, -0.25) is 0 Å². The lowest BCUT2D eigenvalue weighted by Crippen LogP contribution is -1.95. The third kappa shape index (κ3) is 1.75. The van der Waals surface area contributed by atoms with E-state index in [9.17, 15) is 8.78 Å². The lowest BCUT2D eigenvalue weighted by Gasteiger charge is -2.01. The highest BCUT2D eigenvalue weighted by Crippen LogP contribution is 2.40. The van der Waals surface area contributed by atoms with Gasteiger partial charge in [0.15, 0.2) is 5.82 Å². The third-order valence-corrected chi connectivity index (χ3v) is 2.66. The maximum atomic E-state index is 13.7. The Bertz CT molecular complexity index is 578. The van der Waals surface area contributed by atoms with Crippen LogP contribution < -0.4 is 5.73 Å². The second-order valence-corrected chi connectivity index (χ2v) is 4.08. The number of hydrogen-bond acceptors (Lipinski definition) is 4. The Morgan fingerprint density at radius 3 is 2.71 bits per heavy atom. The number of aromatic nitrogens is 2. The van der Waals surface area contributed by atoms with E-state index in [1.165, 1.54) is 0 Å². The standard InChI is InChI=1S/C11H9F2N3O/c12-6-3-7(9(13)8(14)4-6)11-16-15-10(17-11)5-1-2-5/h3-5H,1-2,14H2. The lowest BCUT2D eigenvalue weighted by atomic mass is 10.2. The van der Waals surface area contributed by atoms with Gasteiger partial charge in [-0.05, 0) is 25.0 Å². The van der Waals surface area contributed by atoms with Gasteiger partial charge >= 0.3 is 0 Å². The number of nitrogen functional groups attached to an aromatic ring is 1. The molecule has 0 unspecified atom stereocenters. The van der Waals surface area contributed by atoms with E-state index in [2.05, 4.69) is 10.2 Å². The summed E-state index contributed by atoms with van der Waals surface area (Å²) in [7, 11) is 0. The largest absolute Gasteiger partial charge is 0.420 e. The summed E-state index contributed by atoms with van der Waals surface area (Å²) in [5, 5.41) is 7.52. The molecule has 0 atom stereocenters. The van der Waals surface area contributed by atoms with E-state index in [4.69, 9.17) is 10.2 Å². The number of benzene rings is 1. The molecule has 0 aliphatic heterocycles. The first-order valence-corrected chi connectivity index (χ1v) is 5.23. The van der Waals surface area contributed by atoms with Crippen molar-refractivity contribution in [3.8, 4) is 11.5 Å². The molecule has 6 heteroatoms. The van der Waals surface area contributed by atoms with Crippen LogP contribution in [0.1, 0.15) is 24.7 Å². The smallest absolute Gasteiger partial charge is 0.250 e. The summed E-state index contributed by atoms with van der Waals surface area (Å²) < 4.78 is 32.1. The molecule has 1 aliphatic carbocycles. The van der Waals surface area contributed by atoms with Gasteiger partial charge in [0.05, 0.1) is 11.3 Å². The summed E-state index contributed by atoms with van der Waals surface area (Å²) in [6.07, 6.45) is 1.99. The highest BCUT2D eigenvalue weighted by atomic mass is 19.1. The van der Waals surface area contributed by atoms with Crippen molar-refractivity contribution >= 4 is 5.69 Å². The zero-order valence-corrected chi connectivity index (χ0v) is 8.78. The summed E-state index contributed by atoms with van der Waals surface area (Å²) in [4.78, 5) is 0. The Morgan fingerprint density at radius 1 is 1.24 bits per heavy atom. The summed E-state index contributed by atoms with van der Waals surface area (Å²) in [6.45, 7) is 0. The fraction of sp³-hybridized carbons (Fsp3) is 0.273. The lowest BCUT2D eigenvalue weighted by molar-refractivity contribution is 0.503. The van der Waals surface area contributed by atoms with Gasteiger partial charge in [-0.2, -0.15) is 0 Å². The van der Waals surface area contributed by atoms with Gasteiger partial charge in [-0.25, -0.2) is 8.78 Å². The first kappa shape index (κ1) is 10.2. The van der Waals surface area contributed by atoms with Crippen LogP contribution in [0.15, 0.2) is 16.5 Å². The fourth-order valence-electron chi connectivity index (χ4n) is 1.60. The molecule has 1 heterocycles. The van der Waals surface area contributed by atoms with Crippen LogP contribution in [-0.2, 0) is 0 Å². The number of hydrogen-bond donors (Lipinski definition) is 1. The van der Waals surface area contributed by atoms with Crippen LogP contribution in [0.4, 0.5) is 14.5 Å². The average molecular weight is 237 g/mol. The quantitative estimate of drug-likeness (QED) is 0.815. The molecule has 1 aliphatic rings. The molecule has 1 saturated carbocycles. The Morgan fingerprint density at radius 2 is 2.00 bits per heavy atom. The van der Waals surface area contributed by atoms with Gasteiger partial charge in [-0.15, -0.1) is 10.2 Å². The summed E-state index contributed by atoms with van der Waals surface area (Å²) in [6, 6.07) is 1.91. The van der Waals surface area contributed by atoms with Crippen molar-refractivity contribution in [1.29, 1.82) is 0 Å². The molecule has 1 fully saturated rings. The van der Waals surface area contributed by atoms with Crippen LogP contribution in [0.5, 0.6) is 0 Å². The SMILES string of the molecule is Nc1cc(F)cc(-c2nnc(C3CC3)o2)c1F. The Labute approximate surface area is 95.5 Å². The van der Waals surface area contributed by atoms with E-state index in [0.717, 1.165) is 25.0 Å². The van der Waals surface area contributed by atoms with Gasteiger partial charge < -0.3 is 10.2 Å². The molecule has 4 nitrogen and oxygen atoms in total. The van der Waals surface area contributed by atoms with Gasteiger partial charge in [0, 0.05) is 5.92 Å². The number of rotatable bonds is 2. The van der Waals surface area contributed by atoms with Crippen LogP contribution in [-0.4, -0.2) is 10.2 Å². The minimum Gasteiger partial charge on any atom is -0.420 e. The minimum atomic E-state index is -0.739. The maximum Gasteiger partial charge on any atom is 0.250 e. The normalized spacial score (nSPS) is 15.2. The van der Waals surface area contributed by atoms with E-state index in [1.807, 2.05) is 0 Å². The fourth-order valence-corrected chi connectivity index (χ4v) is 1.60. The number of anilines is 1. The van der Waals surface area contributed by atoms with Gasteiger partial charge in [0.2, 0.25) is 5.89 Å². The van der Waals surface area contributed by atoms with Crippen molar-refractivity contribution in [1.82, 2.24) is 10.2 Å². The monoisotopic (exact) mass is 237 g/mol. The topological polar surface area (TPSA) is 64.9 Å². The molecule has 0 saturated heterocycles. The van der Waals surface area contributed by atoms with Crippen molar-refractivity contribution in [2.24, 2.45) is 0 Å². The minimum absolute atomic E-state index is 0.0319. The number of halogens is 2. The zero-order chi connectivity index (χ0) is 12.0. The summed E-state index contributed by atoms with van der Waals surface area (Å²) in [5.41, 5.74) is 4.97. The highest BCUT2D eigenvalue weighted by Gasteiger charge is 2.30. The van der Waals surface area contributed by atoms with Gasteiger partial charge in [0.1, 0.15) is 5.82 Å². The van der Waals surface area contributed by atoms with Crippen molar-refractivity contribution < 1.29 is 13.2 Å². The van der Waals surface area contributed by atoms with E-state index in [-0.39, 0.29) is 23.1 Å². The molecule has 1 aromatic carbocycles. The van der Waals surface area contributed by atoms with E-state index in [1.54, 1.807) is 0 Å². The molecule has 2 N–H and O–H groups in total. The molecule has 2 aromatic rings. The predicted octanol–water partition coefficient (Wildman–Crippen LogP) is 2.47. The molecule has 88 valence electrons. The van der Waals surface area contributed by atoms with Crippen LogP contribution >= 0.6 is 0 Å². The molecular formula is C11H9F2N3O. The van der Waals surface area contributed by atoms with Crippen molar-refractivity contribution in [2.45, 2.75) is 18.8 Å². The molecule has 0 radical (unpaired) electrons. The van der Waals surface area contributed by atoms with Crippen LogP contribution in [0.25, 0.3) is 11.5 Å². The molecule has 0 bridgehead atoms. The average Bonchev–Trinajstić information content (AvgIpc) is 3.02. The van der Waals surface area contributed by atoms with E-state index >= 15 is 0 Å². The van der Waals surface area contributed by atoms with Crippen molar-refractivity contribution in [2.75, 3.05) is 5.73 Å². The maximum absolute atomic E-state index is 13.7. The van der Waals surface area contributed by atoms with Crippen LogP contribution in [0, 0.1) is 11.6 Å². The molecule has 1 aromatic heterocycles. The first-order valence-electron chi connectivity index (χ1n) is 5.23. The summed E-state index contributed by atoms with van der Waals surface area (Å²) in [5.74, 6) is -0.662. The zero-order valence-electron chi connectivity index (χ0n) is 8.78. The summed E-state index contributed by atoms with van der Waals surface area (Å²) >= 11 is 0. The Hall–Kier alpha value is -1.98. The van der Waals surface area contributed by atoms with Crippen LogP contribution in [0.2, 0.25) is 0 Å². The van der Waals surface area contributed by atoms with Crippen molar-refractivity contribution in [3.63, 3.8) is 0 Å². The predicted molar refractivity (Wildman–Crippen MR) is 56.0 cm³/mol. The van der Waals surface area contributed by atoms with Gasteiger partial charge in [-0.1, -0.05) is 0 Å². The molecule has 17 heavy (non-hydrogen) atoms. The Balaban J connectivity index is 2.07. The molecule has 0 amide bonds. The molecule has 3 rings (SSSR count). The second kappa shape index (κ2) is 3.51. The van der Waals surface area contributed by atoms with Crippen molar-refractivity contribution in [3.05, 3.63) is 29.7 Å². The van der Waals surface area contributed by atoms with E-state index in [0.29, 0.717) is 5.89 Å². The second-order valence-electron chi connectivity index (χ2n) is 4.08. The van der Waals surface area contributed by atoms with Crippen LogP contribution in [0.3, 0.4) is 0 Å². The number of nitrogens with two attached hydrogens (primary N) is 1. The van der Waals surface area contributed by atoms with Gasteiger partial charge in [0.25, 0.3) is 5.89 Å². The Kier molecular flexibility index (Phi) is 2.10. The first-order chi connectivity index (χ1) is 8.15. The van der Waals surface area contributed by atoms with E-state index < -0.39 is 11.6 Å². The molecular weight excluding hydrogens is 228 g/mol. The third-order valence-electron chi connectivity index (χ3n) is 2.66. The highest BCUT2D eigenvalue weighted by molar-refractivity contribution is 5.61. The number of nitrogens with zero attached hydrogens (tertiary/aromatic N) is 2.